The number of carbonyl (C=O) groups excluding carboxylic acids is 1. The van der Waals surface area contributed by atoms with Crippen molar-refractivity contribution in [3.8, 4) is 0 Å². The monoisotopic (exact) mass is 326 g/mol. The maximum atomic E-state index is 12.5. The first-order valence-corrected chi connectivity index (χ1v) is 8.19. The topological polar surface area (TPSA) is 69.3 Å². The van der Waals surface area contributed by atoms with E-state index >= 15 is 0 Å². The van der Waals surface area contributed by atoms with Crippen molar-refractivity contribution in [2.45, 2.75) is 20.3 Å². The second-order valence-electron chi connectivity index (χ2n) is 6.11. The highest BCUT2D eigenvalue weighted by Gasteiger charge is 2.21. The van der Waals surface area contributed by atoms with Crippen molar-refractivity contribution in [2.75, 3.05) is 31.1 Å². The van der Waals surface area contributed by atoms with E-state index in [4.69, 9.17) is 0 Å². The molecule has 1 amide bonds. The second kappa shape index (κ2) is 6.86. The number of hydrogen-bond donors (Lipinski definition) is 1. The standard InChI is InChI=1S/C18H22N4O2/c1-13-16(12-15-6-4-3-5-7-15)17(24)20-18(19-13)22-10-8-21(9-11-22)14(2)23/h3-7H,8-12H2,1-2H3,(H,19,20,24). The predicted octanol–water partition coefficient (Wildman–Crippen LogP) is 1.34. The van der Waals surface area contributed by atoms with Crippen LogP contribution in [0.1, 0.15) is 23.7 Å². The van der Waals surface area contributed by atoms with Crippen LogP contribution in [0.5, 0.6) is 0 Å². The van der Waals surface area contributed by atoms with Gasteiger partial charge in [0.1, 0.15) is 0 Å². The molecule has 0 spiro atoms. The highest BCUT2D eigenvalue weighted by Crippen LogP contribution is 2.14. The summed E-state index contributed by atoms with van der Waals surface area (Å²) in [5, 5.41) is 0. The van der Waals surface area contributed by atoms with Crippen molar-refractivity contribution >= 4 is 11.9 Å². The summed E-state index contributed by atoms with van der Waals surface area (Å²) in [4.78, 5) is 35.2. The molecule has 2 heterocycles. The van der Waals surface area contributed by atoms with Gasteiger partial charge in [-0.2, -0.15) is 0 Å². The normalized spacial score (nSPS) is 14.8. The van der Waals surface area contributed by atoms with Gasteiger partial charge in [-0.25, -0.2) is 4.98 Å². The lowest BCUT2D eigenvalue weighted by atomic mass is 10.1. The van der Waals surface area contributed by atoms with E-state index in [1.165, 1.54) is 0 Å². The highest BCUT2D eigenvalue weighted by molar-refractivity contribution is 5.73. The molecule has 0 bridgehead atoms. The number of piperazine rings is 1. The van der Waals surface area contributed by atoms with Crippen LogP contribution in [-0.4, -0.2) is 47.0 Å². The Labute approximate surface area is 141 Å². The molecule has 1 aliphatic rings. The van der Waals surface area contributed by atoms with E-state index in [9.17, 15) is 9.59 Å². The van der Waals surface area contributed by atoms with Gasteiger partial charge in [0.25, 0.3) is 5.56 Å². The molecule has 1 saturated heterocycles. The molecule has 0 atom stereocenters. The Hall–Kier alpha value is -2.63. The number of aromatic amines is 1. The van der Waals surface area contributed by atoms with Gasteiger partial charge in [0.2, 0.25) is 11.9 Å². The molecule has 1 fully saturated rings. The number of nitrogens with one attached hydrogen (secondary N) is 1. The van der Waals surface area contributed by atoms with Crippen molar-refractivity contribution in [1.82, 2.24) is 14.9 Å². The van der Waals surface area contributed by atoms with E-state index in [-0.39, 0.29) is 11.5 Å². The molecule has 6 heteroatoms. The van der Waals surface area contributed by atoms with Crippen LogP contribution in [0.25, 0.3) is 0 Å². The molecule has 1 aliphatic heterocycles. The summed E-state index contributed by atoms with van der Waals surface area (Å²) in [6, 6.07) is 9.91. The molecule has 1 aromatic heterocycles. The van der Waals surface area contributed by atoms with Gasteiger partial charge in [-0.15, -0.1) is 0 Å². The van der Waals surface area contributed by atoms with E-state index in [1.54, 1.807) is 6.92 Å². The highest BCUT2D eigenvalue weighted by atomic mass is 16.2. The minimum Gasteiger partial charge on any atom is -0.339 e. The lowest BCUT2D eigenvalue weighted by Crippen LogP contribution is -2.49. The number of benzene rings is 1. The lowest BCUT2D eigenvalue weighted by Gasteiger charge is -2.34. The average molecular weight is 326 g/mol. The number of nitrogens with zero attached hydrogens (tertiary/aromatic N) is 3. The Morgan fingerprint density at radius 1 is 1.17 bits per heavy atom. The van der Waals surface area contributed by atoms with Gasteiger partial charge in [-0.05, 0) is 12.5 Å². The Balaban J connectivity index is 1.78. The van der Waals surface area contributed by atoms with Gasteiger partial charge in [0, 0.05) is 45.1 Å². The molecule has 0 unspecified atom stereocenters. The number of anilines is 1. The SMILES string of the molecule is CC(=O)N1CCN(c2nc(C)c(Cc3ccccc3)c(=O)[nH]2)CC1. The Morgan fingerprint density at radius 3 is 2.42 bits per heavy atom. The molecular weight excluding hydrogens is 304 g/mol. The van der Waals surface area contributed by atoms with Gasteiger partial charge >= 0.3 is 0 Å². The predicted molar refractivity (Wildman–Crippen MR) is 93.3 cm³/mol. The number of hydrogen-bond acceptors (Lipinski definition) is 4. The molecule has 1 aromatic carbocycles. The zero-order valence-corrected chi connectivity index (χ0v) is 14.1. The summed E-state index contributed by atoms with van der Waals surface area (Å²) in [5.41, 5.74) is 2.46. The fourth-order valence-electron chi connectivity index (χ4n) is 2.99. The van der Waals surface area contributed by atoms with Crippen LogP contribution in [0.4, 0.5) is 5.95 Å². The minimum absolute atomic E-state index is 0.0876. The number of rotatable bonds is 3. The summed E-state index contributed by atoms with van der Waals surface area (Å²) in [7, 11) is 0. The molecule has 0 saturated carbocycles. The van der Waals surface area contributed by atoms with Crippen molar-refractivity contribution in [2.24, 2.45) is 0 Å². The van der Waals surface area contributed by atoms with Crippen LogP contribution >= 0.6 is 0 Å². The van der Waals surface area contributed by atoms with Crippen LogP contribution < -0.4 is 10.5 Å². The quantitative estimate of drug-likeness (QED) is 0.924. The van der Waals surface area contributed by atoms with Crippen molar-refractivity contribution in [3.05, 3.63) is 57.5 Å². The van der Waals surface area contributed by atoms with Gasteiger partial charge in [-0.3, -0.25) is 14.6 Å². The van der Waals surface area contributed by atoms with Gasteiger partial charge in [0.15, 0.2) is 0 Å². The van der Waals surface area contributed by atoms with Gasteiger partial charge in [-0.1, -0.05) is 30.3 Å². The van der Waals surface area contributed by atoms with Crippen LogP contribution in [0.15, 0.2) is 35.1 Å². The summed E-state index contributed by atoms with van der Waals surface area (Å²) < 4.78 is 0. The molecule has 0 aliphatic carbocycles. The second-order valence-corrected chi connectivity index (χ2v) is 6.11. The van der Waals surface area contributed by atoms with Gasteiger partial charge in [0.05, 0.1) is 5.69 Å². The third-order valence-corrected chi connectivity index (χ3v) is 4.46. The van der Waals surface area contributed by atoms with E-state index in [2.05, 4.69) is 9.97 Å². The van der Waals surface area contributed by atoms with Crippen molar-refractivity contribution in [1.29, 1.82) is 0 Å². The van der Waals surface area contributed by atoms with Crippen LogP contribution in [0.3, 0.4) is 0 Å². The van der Waals surface area contributed by atoms with Crippen LogP contribution in [-0.2, 0) is 11.2 Å². The van der Waals surface area contributed by atoms with E-state index < -0.39 is 0 Å². The Kier molecular flexibility index (Phi) is 4.64. The summed E-state index contributed by atoms with van der Waals surface area (Å²) in [6.07, 6.45) is 0.577. The minimum atomic E-state index is -0.0876. The fourth-order valence-corrected chi connectivity index (χ4v) is 2.99. The van der Waals surface area contributed by atoms with Crippen LogP contribution in [0.2, 0.25) is 0 Å². The molecule has 3 rings (SSSR count). The molecule has 0 radical (unpaired) electrons. The first-order chi connectivity index (χ1) is 11.5. The largest absolute Gasteiger partial charge is 0.339 e. The van der Waals surface area contributed by atoms with Gasteiger partial charge < -0.3 is 9.80 Å². The zero-order chi connectivity index (χ0) is 17.1. The maximum absolute atomic E-state index is 12.5. The molecule has 1 N–H and O–H groups in total. The average Bonchev–Trinajstić information content (AvgIpc) is 2.59. The number of aryl methyl sites for hydroxylation is 1. The Bertz CT molecular complexity index is 777. The van der Waals surface area contributed by atoms with Crippen molar-refractivity contribution < 1.29 is 4.79 Å². The van der Waals surface area contributed by atoms with Crippen molar-refractivity contribution in [3.63, 3.8) is 0 Å². The Morgan fingerprint density at radius 2 is 1.83 bits per heavy atom. The number of amides is 1. The first kappa shape index (κ1) is 16.2. The molecule has 2 aromatic rings. The molecule has 126 valence electrons. The summed E-state index contributed by atoms with van der Waals surface area (Å²) in [6.45, 7) is 6.13. The summed E-state index contributed by atoms with van der Waals surface area (Å²) in [5.74, 6) is 0.683. The third-order valence-electron chi connectivity index (χ3n) is 4.46. The molecule has 6 nitrogen and oxygen atoms in total. The smallest absolute Gasteiger partial charge is 0.256 e. The maximum Gasteiger partial charge on any atom is 0.256 e. The zero-order valence-electron chi connectivity index (χ0n) is 14.1. The summed E-state index contributed by atoms with van der Waals surface area (Å²) >= 11 is 0. The first-order valence-electron chi connectivity index (χ1n) is 8.19. The number of carbonyl (C=O) groups is 1. The number of aromatic nitrogens is 2. The lowest BCUT2D eigenvalue weighted by molar-refractivity contribution is -0.129. The third kappa shape index (κ3) is 3.48. The van der Waals surface area contributed by atoms with Crippen LogP contribution in [0, 0.1) is 6.92 Å². The van der Waals surface area contributed by atoms with E-state index in [1.807, 2.05) is 47.1 Å². The molecular formula is C18H22N4O2. The van der Waals surface area contributed by atoms with E-state index in [0.29, 0.717) is 44.1 Å². The fraction of sp³-hybridized carbons (Fsp3) is 0.389. The van der Waals surface area contributed by atoms with E-state index in [0.717, 1.165) is 11.3 Å². The number of H-pyrrole nitrogens is 1. The molecule has 24 heavy (non-hydrogen) atoms.